The van der Waals surface area contributed by atoms with Gasteiger partial charge < -0.3 is 15.4 Å². The fourth-order valence-electron chi connectivity index (χ4n) is 7.31. The molecule has 180 valence electrons. The number of methoxy groups -OCH3 is 1. The van der Waals surface area contributed by atoms with Gasteiger partial charge in [-0.15, -0.1) is 0 Å². The highest BCUT2D eigenvalue weighted by atomic mass is 127. The van der Waals surface area contributed by atoms with Crippen LogP contribution in [0.25, 0.3) is 0 Å². The number of rotatable bonds is 6. The van der Waals surface area contributed by atoms with Gasteiger partial charge in [0.05, 0.1) is 18.4 Å². The van der Waals surface area contributed by atoms with E-state index in [-0.39, 0.29) is 5.97 Å². The van der Waals surface area contributed by atoms with Crippen molar-refractivity contribution in [2.24, 2.45) is 17.8 Å². The van der Waals surface area contributed by atoms with E-state index in [2.05, 4.69) is 75.7 Å². The highest BCUT2D eigenvalue weighted by Gasteiger charge is 2.51. The molecule has 0 radical (unpaired) electrons. The zero-order valence-corrected chi connectivity index (χ0v) is 22.2. The summed E-state index contributed by atoms with van der Waals surface area (Å²) in [6, 6.07) is 22.9. The quantitative estimate of drug-likeness (QED) is 0.230. The SMILES string of the molecule is COC(=O)c1ccccc1Nc1cc(I)cc(Nc2ccc(C34CC5CC(CC(C5)C3)C4)cc2)c1. The lowest BCUT2D eigenvalue weighted by Gasteiger charge is -2.57. The van der Waals surface area contributed by atoms with Crippen molar-refractivity contribution in [3.63, 3.8) is 0 Å². The predicted octanol–water partition coefficient (Wildman–Crippen LogP) is 8.03. The fourth-order valence-corrected chi connectivity index (χ4v) is 7.98. The van der Waals surface area contributed by atoms with E-state index >= 15 is 0 Å². The maximum absolute atomic E-state index is 12.2. The van der Waals surface area contributed by atoms with Gasteiger partial charge >= 0.3 is 5.97 Å². The Morgan fingerprint density at radius 2 is 1.43 bits per heavy atom. The van der Waals surface area contributed by atoms with Crippen molar-refractivity contribution in [3.05, 3.63) is 81.4 Å². The van der Waals surface area contributed by atoms with Crippen molar-refractivity contribution < 1.29 is 9.53 Å². The lowest BCUT2D eigenvalue weighted by Crippen LogP contribution is -2.48. The molecule has 2 N–H and O–H groups in total. The zero-order valence-electron chi connectivity index (χ0n) is 20.0. The van der Waals surface area contributed by atoms with Crippen molar-refractivity contribution in [1.29, 1.82) is 0 Å². The molecule has 0 aromatic heterocycles. The first-order valence-corrected chi connectivity index (χ1v) is 13.7. The van der Waals surface area contributed by atoms with Gasteiger partial charge in [-0.3, -0.25) is 0 Å². The number of carbonyl (C=O) groups is 1. The minimum absolute atomic E-state index is 0.351. The molecule has 0 saturated heterocycles. The normalized spacial score (nSPS) is 26.4. The number of ether oxygens (including phenoxy) is 1. The van der Waals surface area contributed by atoms with Crippen LogP contribution in [-0.4, -0.2) is 13.1 Å². The molecule has 0 unspecified atom stereocenters. The summed E-state index contributed by atoms with van der Waals surface area (Å²) in [6.45, 7) is 0. The average molecular weight is 578 g/mol. The van der Waals surface area contributed by atoms with Crippen LogP contribution in [0, 0.1) is 21.3 Å². The number of benzene rings is 3. The first-order valence-electron chi connectivity index (χ1n) is 12.6. The Labute approximate surface area is 221 Å². The van der Waals surface area contributed by atoms with Crippen LogP contribution in [-0.2, 0) is 10.2 Å². The Bertz CT molecular complexity index is 1220. The molecule has 4 nitrogen and oxygen atoms in total. The minimum atomic E-state index is -0.351. The molecule has 3 aromatic rings. The predicted molar refractivity (Wildman–Crippen MR) is 150 cm³/mol. The molecule has 0 amide bonds. The third-order valence-corrected chi connectivity index (χ3v) is 8.96. The van der Waals surface area contributed by atoms with Crippen LogP contribution in [0.1, 0.15) is 54.4 Å². The summed E-state index contributed by atoms with van der Waals surface area (Å²) >= 11 is 2.33. The van der Waals surface area contributed by atoms with Crippen LogP contribution in [0.4, 0.5) is 22.7 Å². The number of hydrogen-bond acceptors (Lipinski definition) is 4. The first-order chi connectivity index (χ1) is 17.0. The highest BCUT2D eigenvalue weighted by Crippen LogP contribution is 2.60. The molecule has 0 spiro atoms. The second-order valence-corrected chi connectivity index (χ2v) is 12.0. The summed E-state index contributed by atoms with van der Waals surface area (Å²) in [6.07, 6.45) is 8.62. The Balaban J connectivity index is 1.20. The zero-order chi connectivity index (χ0) is 24.0. The van der Waals surface area contributed by atoms with Crippen molar-refractivity contribution in [2.75, 3.05) is 17.7 Å². The molecule has 35 heavy (non-hydrogen) atoms. The lowest BCUT2D eigenvalue weighted by atomic mass is 9.48. The van der Waals surface area contributed by atoms with Gasteiger partial charge in [-0.2, -0.15) is 0 Å². The molecule has 5 heteroatoms. The molecule has 0 aliphatic heterocycles. The van der Waals surface area contributed by atoms with Gasteiger partial charge in [0, 0.05) is 20.6 Å². The molecule has 3 aromatic carbocycles. The van der Waals surface area contributed by atoms with E-state index in [0.29, 0.717) is 11.0 Å². The second kappa shape index (κ2) is 9.16. The van der Waals surface area contributed by atoms with Crippen LogP contribution in [0.3, 0.4) is 0 Å². The van der Waals surface area contributed by atoms with E-state index < -0.39 is 0 Å². The van der Waals surface area contributed by atoms with Crippen LogP contribution < -0.4 is 10.6 Å². The van der Waals surface area contributed by atoms with E-state index in [9.17, 15) is 4.79 Å². The van der Waals surface area contributed by atoms with E-state index in [0.717, 1.165) is 44.1 Å². The Morgan fingerprint density at radius 3 is 2.06 bits per heavy atom. The summed E-state index contributed by atoms with van der Waals surface area (Å²) < 4.78 is 6.04. The van der Waals surface area contributed by atoms with Crippen molar-refractivity contribution in [3.8, 4) is 0 Å². The molecule has 0 atom stereocenters. The van der Waals surface area contributed by atoms with Gasteiger partial charge in [-0.1, -0.05) is 24.3 Å². The number of hydrogen-bond donors (Lipinski definition) is 2. The third kappa shape index (κ3) is 4.55. The lowest BCUT2D eigenvalue weighted by molar-refractivity contribution is -0.00518. The topological polar surface area (TPSA) is 50.4 Å². The van der Waals surface area contributed by atoms with Crippen LogP contribution >= 0.6 is 22.6 Å². The van der Waals surface area contributed by atoms with Gasteiger partial charge in [0.15, 0.2) is 0 Å². The standard InChI is InChI=1S/C30H31IN2O2/c1-35-29(34)27-4-2-3-5-28(27)33-26-14-23(31)13-25(15-26)32-24-8-6-22(7-9-24)30-16-19-10-20(17-30)12-21(11-19)18-30/h2-9,13-15,19-21,32-33H,10-12,16-18H2,1H3. The number of nitrogens with one attached hydrogen (secondary N) is 2. The van der Waals surface area contributed by atoms with E-state index in [4.69, 9.17) is 4.74 Å². The van der Waals surface area contributed by atoms with Crippen LogP contribution in [0.5, 0.6) is 0 Å². The number of halogens is 1. The fraction of sp³-hybridized carbons (Fsp3) is 0.367. The molecule has 4 bridgehead atoms. The van der Waals surface area contributed by atoms with Crippen molar-refractivity contribution >= 4 is 51.3 Å². The van der Waals surface area contributed by atoms with Gasteiger partial charge in [-0.05, 0) is 132 Å². The van der Waals surface area contributed by atoms with Gasteiger partial charge in [0.25, 0.3) is 0 Å². The average Bonchev–Trinajstić information content (AvgIpc) is 2.83. The summed E-state index contributed by atoms with van der Waals surface area (Å²) in [7, 11) is 1.40. The summed E-state index contributed by atoms with van der Waals surface area (Å²) in [5.41, 5.74) is 6.25. The Morgan fingerprint density at radius 1 is 0.829 bits per heavy atom. The number of anilines is 4. The van der Waals surface area contributed by atoms with Crippen molar-refractivity contribution in [1.82, 2.24) is 0 Å². The van der Waals surface area contributed by atoms with Crippen molar-refractivity contribution in [2.45, 2.75) is 43.9 Å². The first kappa shape index (κ1) is 22.9. The summed E-state index contributed by atoms with van der Waals surface area (Å²) in [5, 5.41) is 6.98. The second-order valence-electron chi connectivity index (χ2n) is 10.8. The molecule has 4 aliphatic carbocycles. The molecule has 4 fully saturated rings. The van der Waals surface area contributed by atoms with Crippen LogP contribution in [0.15, 0.2) is 66.7 Å². The highest BCUT2D eigenvalue weighted by molar-refractivity contribution is 14.1. The largest absolute Gasteiger partial charge is 0.465 e. The Kier molecular flexibility index (Phi) is 5.99. The number of para-hydroxylation sites is 1. The molecule has 0 heterocycles. The monoisotopic (exact) mass is 578 g/mol. The summed E-state index contributed by atoms with van der Waals surface area (Å²) in [4.78, 5) is 12.2. The Hall–Kier alpha value is -2.54. The van der Waals surface area contributed by atoms with Crippen LogP contribution in [0.2, 0.25) is 0 Å². The maximum atomic E-state index is 12.2. The van der Waals surface area contributed by atoms with E-state index in [1.165, 1.54) is 45.6 Å². The van der Waals surface area contributed by atoms with E-state index in [1.807, 2.05) is 18.2 Å². The van der Waals surface area contributed by atoms with Gasteiger partial charge in [-0.25, -0.2) is 4.79 Å². The molecule has 7 rings (SSSR count). The molecule has 4 saturated carbocycles. The smallest absolute Gasteiger partial charge is 0.339 e. The summed E-state index contributed by atoms with van der Waals surface area (Å²) in [5.74, 6) is 2.53. The van der Waals surface area contributed by atoms with E-state index in [1.54, 1.807) is 11.6 Å². The number of esters is 1. The number of carbonyl (C=O) groups excluding carboxylic acids is 1. The molecule has 4 aliphatic rings. The molecular weight excluding hydrogens is 547 g/mol. The third-order valence-electron chi connectivity index (χ3n) is 8.33. The maximum Gasteiger partial charge on any atom is 0.339 e. The van der Waals surface area contributed by atoms with Gasteiger partial charge in [0.2, 0.25) is 0 Å². The molecular formula is C30H31IN2O2. The van der Waals surface area contributed by atoms with Gasteiger partial charge in [0.1, 0.15) is 0 Å². The minimum Gasteiger partial charge on any atom is -0.465 e.